The number of aromatic nitrogens is 2. The second-order valence-electron chi connectivity index (χ2n) is 5.94. The molecule has 126 valence electrons. The summed E-state index contributed by atoms with van der Waals surface area (Å²) >= 11 is 1.42. The van der Waals surface area contributed by atoms with Crippen molar-refractivity contribution in [3.05, 3.63) is 48.3 Å². The number of aryl methyl sites for hydroxylation is 1. The molecule has 1 unspecified atom stereocenters. The Kier molecular flexibility index (Phi) is 5.35. The van der Waals surface area contributed by atoms with E-state index in [0.717, 1.165) is 26.2 Å². The number of nitrogens with zero attached hydrogens (tertiary/aromatic N) is 4. The number of anilines is 1. The van der Waals surface area contributed by atoms with E-state index >= 15 is 0 Å². The Morgan fingerprint density at radius 2 is 1.83 bits per heavy atom. The summed E-state index contributed by atoms with van der Waals surface area (Å²) < 4.78 is 0. The van der Waals surface area contributed by atoms with Crippen molar-refractivity contribution in [3.8, 4) is 0 Å². The largest absolute Gasteiger partial charge is 0.368 e. The Morgan fingerprint density at radius 1 is 1.12 bits per heavy atom. The van der Waals surface area contributed by atoms with Gasteiger partial charge in [-0.1, -0.05) is 23.9 Å². The number of carbonyl (C=O) groups is 1. The summed E-state index contributed by atoms with van der Waals surface area (Å²) in [5, 5.41) is 0.481. The molecule has 3 rings (SSSR count). The third-order valence-corrected chi connectivity index (χ3v) is 5.11. The summed E-state index contributed by atoms with van der Waals surface area (Å²) in [4.78, 5) is 25.3. The molecule has 1 aliphatic rings. The lowest BCUT2D eigenvalue weighted by Crippen LogP contribution is -2.50. The van der Waals surface area contributed by atoms with Crippen LogP contribution in [0, 0.1) is 6.92 Å². The van der Waals surface area contributed by atoms with Gasteiger partial charge in [0.15, 0.2) is 5.16 Å². The summed E-state index contributed by atoms with van der Waals surface area (Å²) in [6.07, 6.45) is 3.40. The van der Waals surface area contributed by atoms with Gasteiger partial charge in [-0.3, -0.25) is 4.79 Å². The van der Waals surface area contributed by atoms with E-state index in [1.807, 2.05) is 11.8 Å². The van der Waals surface area contributed by atoms with Gasteiger partial charge < -0.3 is 9.80 Å². The van der Waals surface area contributed by atoms with Gasteiger partial charge in [0.25, 0.3) is 0 Å². The van der Waals surface area contributed by atoms with Crippen LogP contribution >= 0.6 is 11.8 Å². The Hall–Kier alpha value is -2.08. The molecular weight excluding hydrogens is 320 g/mol. The second kappa shape index (κ2) is 7.66. The zero-order valence-corrected chi connectivity index (χ0v) is 14.9. The second-order valence-corrected chi connectivity index (χ2v) is 7.25. The highest BCUT2D eigenvalue weighted by Crippen LogP contribution is 2.22. The average Bonchev–Trinajstić information content (AvgIpc) is 2.62. The molecule has 1 aliphatic heterocycles. The van der Waals surface area contributed by atoms with Crippen LogP contribution in [0.15, 0.2) is 47.9 Å². The number of benzene rings is 1. The summed E-state index contributed by atoms with van der Waals surface area (Å²) in [6, 6.07) is 10.3. The van der Waals surface area contributed by atoms with Crippen LogP contribution in [0.3, 0.4) is 0 Å². The van der Waals surface area contributed by atoms with Crippen molar-refractivity contribution in [2.45, 2.75) is 24.3 Å². The number of hydrogen-bond donors (Lipinski definition) is 0. The van der Waals surface area contributed by atoms with Crippen molar-refractivity contribution < 1.29 is 4.79 Å². The lowest BCUT2D eigenvalue weighted by molar-refractivity contribution is -0.130. The van der Waals surface area contributed by atoms with Crippen molar-refractivity contribution >= 4 is 23.4 Å². The minimum atomic E-state index is -0.169. The molecule has 0 N–H and O–H groups in total. The molecule has 1 fully saturated rings. The quantitative estimate of drug-likeness (QED) is 0.631. The highest BCUT2D eigenvalue weighted by Gasteiger charge is 2.26. The van der Waals surface area contributed by atoms with Gasteiger partial charge in [-0.15, -0.1) is 0 Å². The smallest absolute Gasteiger partial charge is 0.236 e. The average molecular weight is 342 g/mol. The van der Waals surface area contributed by atoms with Crippen molar-refractivity contribution in [1.29, 1.82) is 0 Å². The van der Waals surface area contributed by atoms with E-state index in [-0.39, 0.29) is 11.2 Å². The van der Waals surface area contributed by atoms with Gasteiger partial charge in [0.05, 0.1) is 5.25 Å². The molecule has 1 aromatic carbocycles. The van der Waals surface area contributed by atoms with Crippen LogP contribution in [0.25, 0.3) is 0 Å². The van der Waals surface area contributed by atoms with Crippen LogP contribution in [0.5, 0.6) is 0 Å². The minimum Gasteiger partial charge on any atom is -0.368 e. The third-order valence-electron chi connectivity index (χ3n) is 4.13. The lowest BCUT2D eigenvalue weighted by Gasteiger charge is -2.37. The maximum Gasteiger partial charge on any atom is 0.236 e. The molecule has 1 saturated heterocycles. The molecule has 0 radical (unpaired) electrons. The molecule has 0 bridgehead atoms. The molecule has 5 nitrogen and oxygen atoms in total. The fourth-order valence-corrected chi connectivity index (χ4v) is 3.63. The van der Waals surface area contributed by atoms with E-state index in [9.17, 15) is 4.79 Å². The summed E-state index contributed by atoms with van der Waals surface area (Å²) in [6.45, 7) is 7.29. The molecule has 6 heteroatoms. The fourth-order valence-electron chi connectivity index (χ4n) is 2.82. The number of thioether (sulfide) groups is 1. The van der Waals surface area contributed by atoms with Crippen molar-refractivity contribution in [2.24, 2.45) is 0 Å². The number of piperazine rings is 1. The molecule has 2 aromatic rings. The van der Waals surface area contributed by atoms with E-state index in [2.05, 4.69) is 46.1 Å². The van der Waals surface area contributed by atoms with Gasteiger partial charge >= 0.3 is 0 Å². The van der Waals surface area contributed by atoms with Crippen molar-refractivity contribution in [3.63, 3.8) is 0 Å². The Labute approximate surface area is 147 Å². The first-order chi connectivity index (χ1) is 11.6. The molecule has 1 aromatic heterocycles. The zero-order chi connectivity index (χ0) is 16.9. The minimum absolute atomic E-state index is 0.163. The SMILES string of the molecule is Cc1cccc(N2CCN(C(=O)C(C)Sc3ncccn3)CC2)c1. The van der Waals surface area contributed by atoms with E-state index in [1.54, 1.807) is 18.5 Å². The van der Waals surface area contributed by atoms with Crippen molar-refractivity contribution in [2.75, 3.05) is 31.1 Å². The van der Waals surface area contributed by atoms with Crippen molar-refractivity contribution in [1.82, 2.24) is 14.9 Å². The third kappa shape index (κ3) is 4.06. The normalized spacial score (nSPS) is 16.1. The highest BCUT2D eigenvalue weighted by atomic mass is 32.2. The van der Waals surface area contributed by atoms with Gasteiger partial charge in [0.2, 0.25) is 5.91 Å². The monoisotopic (exact) mass is 342 g/mol. The Balaban J connectivity index is 1.55. The van der Waals surface area contributed by atoms with Gasteiger partial charge in [0.1, 0.15) is 0 Å². The number of hydrogen-bond acceptors (Lipinski definition) is 5. The molecule has 0 aliphatic carbocycles. The summed E-state index contributed by atoms with van der Waals surface area (Å²) in [5.74, 6) is 0.163. The van der Waals surface area contributed by atoms with Gasteiger partial charge in [-0.05, 0) is 37.6 Å². The molecule has 2 heterocycles. The highest BCUT2D eigenvalue weighted by molar-refractivity contribution is 8.00. The predicted molar refractivity (Wildman–Crippen MR) is 97.3 cm³/mol. The van der Waals surface area contributed by atoms with E-state index in [4.69, 9.17) is 0 Å². The first-order valence-electron chi connectivity index (χ1n) is 8.17. The van der Waals surface area contributed by atoms with Crippen LogP contribution < -0.4 is 4.90 Å². The van der Waals surface area contributed by atoms with Gasteiger partial charge in [-0.2, -0.15) is 0 Å². The molecular formula is C18H22N4OS. The van der Waals surface area contributed by atoms with Gasteiger partial charge in [-0.25, -0.2) is 9.97 Å². The van der Waals surface area contributed by atoms with E-state index in [0.29, 0.717) is 5.16 Å². The number of rotatable bonds is 4. The molecule has 0 saturated carbocycles. The topological polar surface area (TPSA) is 49.3 Å². The predicted octanol–water partition coefficient (Wildman–Crippen LogP) is 2.61. The summed E-state index contributed by atoms with van der Waals surface area (Å²) in [7, 11) is 0. The Bertz CT molecular complexity index is 686. The summed E-state index contributed by atoms with van der Waals surface area (Å²) in [5.41, 5.74) is 2.50. The molecule has 1 atom stereocenters. The maximum absolute atomic E-state index is 12.6. The fraction of sp³-hybridized carbons (Fsp3) is 0.389. The molecule has 0 spiro atoms. The van der Waals surface area contributed by atoms with Crippen LogP contribution in [-0.4, -0.2) is 52.2 Å². The first-order valence-corrected chi connectivity index (χ1v) is 9.05. The number of amides is 1. The van der Waals surface area contributed by atoms with E-state index in [1.165, 1.54) is 23.0 Å². The Morgan fingerprint density at radius 3 is 2.50 bits per heavy atom. The molecule has 1 amide bonds. The maximum atomic E-state index is 12.6. The van der Waals surface area contributed by atoms with Crippen LogP contribution in [0.1, 0.15) is 12.5 Å². The molecule has 24 heavy (non-hydrogen) atoms. The lowest BCUT2D eigenvalue weighted by atomic mass is 10.2. The van der Waals surface area contributed by atoms with Crippen LogP contribution in [0.4, 0.5) is 5.69 Å². The van der Waals surface area contributed by atoms with Crippen LogP contribution in [0.2, 0.25) is 0 Å². The standard InChI is InChI=1S/C18H22N4OS/c1-14-5-3-6-16(13-14)21-9-11-22(12-10-21)17(23)15(2)24-18-19-7-4-8-20-18/h3-8,13,15H,9-12H2,1-2H3. The van der Waals surface area contributed by atoms with Gasteiger partial charge in [0, 0.05) is 44.3 Å². The first kappa shape index (κ1) is 16.8. The zero-order valence-electron chi connectivity index (χ0n) is 14.1. The van der Waals surface area contributed by atoms with E-state index < -0.39 is 0 Å². The van der Waals surface area contributed by atoms with Crippen LogP contribution in [-0.2, 0) is 4.79 Å². The number of carbonyl (C=O) groups excluding carboxylic acids is 1.